The third-order valence-electron chi connectivity index (χ3n) is 0.675. The first-order valence-corrected chi connectivity index (χ1v) is 2.62. The first kappa shape index (κ1) is 16.8. The zero-order valence-corrected chi connectivity index (χ0v) is 9.02. The van der Waals surface area contributed by atoms with Crippen LogP contribution in [0.15, 0.2) is 0 Å². The van der Waals surface area contributed by atoms with Gasteiger partial charge in [-0.3, -0.25) is 0 Å². The summed E-state index contributed by atoms with van der Waals surface area (Å²) in [7, 11) is 0. The van der Waals surface area contributed by atoms with Gasteiger partial charge in [0.15, 0.2) is 0 Å². The summed E-state index contributed by atoms with van der Waals surface area (Å²) < 4.78 is 0. The number of carboxylic acids is 1. The summed E-state index contributed by atoms with van der Waals surface area (Å²) in [5.41, 5.74) is -0.140. The van der Waals surface area contributed by atoms with Crippen LogP contribution in [0.1, 0.15) is 27.2 Å². The Kier molecular flexibility index (Phi) is 10.3. The minimum Gasteiger partial charge on any atom is -0.550 e. The van der Waals surface area contributed by atoms with E-state index in [-0.39, 0.29) is 46.9 Å². The molecular weight excluding hydrogens is 143 g/mol. The molecule has 0 saturated carbocycles. The molecule has 0 unspecified atom stereocenters. The van der Waals surface area contributed by atoms with Crippen molar-refractivity contribution in [2.75, 3.05) is 0 Å². The van der Waals surface area contributed by atoms with Gasteiger partial charge in [0.05, 0.1) is 0 Å². The first-order chi connectivity index (χ1) is 3.42. The molecule has 0 radical (unpaired) electrons. The fraction of sp³-hybridized carbons (Fsp3) is 0.833. The third-order valence-corrected chi connectivity index (χ3v) is 0.675. The molecule has 0 spiro atoms. The predicted octanol–water partition coefficient (Wildman–Crippen LogP) is -3.65. The molecule has 0 aromatic carbocycles. The van der Waals surface area contributed by atoms with Crippen molar-refractivity contribution in [1.82, 2.24) is 0 Å². The number of hydrogen-bond donors (Lipinski definition) is 0. The van der Waals surface area contributed by atoms with Crippen molar-refractivity contribution in [3.05, 3.63) is 0 Å². The first-order valence-electron chi connectivity index (χ1n) is 2.62. The Hall–Kier alpha value is 0.430. The third kappa shape index (κ3) is 15.8. The van der Waals surface area contributed by atoms with Gasteiger partial charge in [-0.2, -0.15) is 0 Å². The van der Waals surface area contributed by atoms with Crippen LogP contribution in [0.2, 0.25) is 0 Å². The van der Waals surface area contributed by atoms with Crippen LogP contribution in [0, 0.1) is 5.41 Å². The molecule has 4 heteroatoms. The molecule has 3 nitrogen and oxygen atoms in total. The number of carbonyl (C=O) groups is 1. The summed E-state index contributed by atoms with van der Waals surface area (Å²) in [5.74, 6) is -0.975. The van der Waals surface area contributed by atoms with Gasteiger partial charge in [0, 0.05) is 5.97 Å². The van der Waals surface area contributed by atoms with E-state index in [0.29, 0.717) is 0 Å². The molecular formula is C6H13NaO3. The zero-order chi connectivity index (χ0) is 6.78. The number of rotatable bonds is 1. The van der Waals surface area contributed by atoms with Crippen molar-refractivity contribution in [3.63, 3.8) is 0 Å². The van der Waals surface area contributed by atoms with Gasteiger partial charge in [0.1, 0.15) is 0 Å². The molecule has 0 amide bonds. The molecule has 0 aliphatic carbocycles. The summed E-state index contributed by atoms with van der Waals surface area (Å²) in [6.45, 7) is 5.59. The normalized spacial score (nSPS) is 9.10. The summed E-state index contributed by atoms with van der Waals surface area (Å²) >= 11 is 0. The van der Waals surface area contributed by atoms with Gasteiger partial charge < -0.3 is 15.4 Å². The van der Waals surface area contributed by atoms with Crippen molar-refractivity contribution < 1.29 is 44.9 Å². The summed E-state index contributed by atoms with van der Waals surface area (Å²) in [5, 5.41) is 9.90. The van der Waals surface area contributed by atoms with Crippen LogP contribution in [-0.4, -0.2) is 11.4 Å². The van der Waals surface area contributed by atoms with Crippen LogP contribution < -0.4 is 34.7 Å². The van der Waals surface area contributed by atoms with Gasteiger partial charge in [-0.05, 0) is 11.8 Å². The molecule has 0 fully saturated rings. The zero-order valence-electron chi connectivity index (χ0n) is 7.02. The smallest absolute Gasteiger partial charge is 0.550 e. The van der Waals surface area contributed by atoms with Crippen molar-refractivity contribution in [1.29, 1.82) is 0 Å². The molecule has 10 heavy (non-hydrogen) atoms. The van der Waals surface area contributed by atoms with Gasteiger partial charge in [-0.25, -0.2) is 0 Å². The standard InChI is InChI=1S/C6H12O2.Na.H2O/c1-6(2,3)4-5(7)8;;/h4H2,1-3H3,(H,7,8);;1H2/q;+1;/p-1. The van der Waals surface area contributed by atoms with Crippen molar-refractivity contribution in [3.8, 4) is 0 Å². The molecule has 0 aromatic rings. The Labute approximate surface area is 83.4 Å². The number of carboxylic acid groups (broad SMARTS) is 1. The van der Waals surface area contributed by atoms with Gasteiger partial charge in [-0.15, -0.1) is 0 Å². The van der Waals surface area contributed by atoms with E-state index in [4.69, 9.17) is 0 Å². The van der Waals surface area contributed by atoms with Crippen molar-refractivity contribution in [2.45, 2.75) is 27.2 Å². The second-order valence-electron chi connectivity index (χ2n) is 3.11. The maximum atomic E-state index is 9.90. The molecule has 0 rings (SSSR count). The second kappa shape index (κ2) is 6.16. The Balaban J connectivity index is -0.000000245. The minimum absolute atomic E-state index is 0. The summed E-state index contributed by atoms with van der Waals surface area (Å²) in [6.07, 6.45) is 0.132. The quantitative estimate of drug-likeness (QED) is 0.367. The monoisotopic (exact) mass is 156 g/mol. The number of carbonyl (C=O) groups excluding carboxylic acids is 1. The van der Waals surface area contributed by atoms with E-state index in [9.17, 15) is 9.90 Å². The molecule has 2 N–H and O–H groups in total. The average molecular weight is 156 g/mol. The molecule has 56 valence electrons. The fourth-order valence-electron chi connectivity index (χ4n) is 0.433. The van der Waals surface area contributed by atoms with Crippen LogP contribution in [0.4, 0.5) is 0 Å². The van der Waals surface area contributed by atoms with Crippen molar-refractivity contribution in [2.24, 2.45) is 5.41 Å². The van der Waals surface area contributed by atoms with Gasteiger partial charge in [-0.1, -0.05) is 20.8 Å². The SMILES string of the molecule is CC(C)(C)CC(=O)[O-].O.[Na+]. The summed E-state index contributed by atoms with van der Waals surface area (Å²) in [6, 6.07) is 0. The molecule has 0 bridgehead atoms. The molecule has 0 saturated heterocycles. The minimum atomic E-state index is -0.975. The van der Waals surface area contributed by atoms with E-state index in [0.717, 1.165) is 0 Å². The fourth-order valence-corrected chi connectivity index (χ4v) is 0.433. The molecule has 0 atom stereocenters. The van der Waals surface area contributed by atoms with E-state index in [1.165, 1.54) is 0 Å². The maximum Gasteiger partial charge on any atom is 1.00 e. The Morgan fingerprint density at radius 2 is 1.70 bits per heavy atom. The van der Waals surface area contributed by atoms with Gasteiger partial charge >= 0.3 is 29.6 Å². The molecule has 0 aliphatic heterocycles. The maximum absolute atomic E-state index is 9.90. The van der Waals surface area contributed by atoms with Crippen LogP contribution in [0.3, 0.4) is 0 Å². The van der Waals surface area contributed by atoms with Crippen LogP contribution in [0.25, 0.3) is 0 Å². The van der Waals surface area contributed by atoms with E-state index < -0.39 is 5.97 Å². The molecule has 0 heterocycles. The average Bonchev–Trinajstić information content (AvgIpc) is 1.21. The van der Waals surface area contributed by atoms with E-state index in [2.05, 4.69) is 0 Å². The topological polar surface area (TPSA) is 71.6 Å². The van der Waals surface area contributed by atoms with Gasteiger partial charge in [0.25, 0.3) is 0 Å². The number of hydrogen-bond acceptors (Lipinski definition) is 2. The van der Waals surface area contributed by atoms with Crippen LogP contribution >= 0.6 is 0 Å². The van der Waals surface area contributed by atoms with Crippen LogP contribution in [-0.2, 0) is 4.79 Å². The Morgan fingerprint density at radius 1 is 1.40 bits per heavy atom. The molecule has 0 aromatic heterocycles. The Bertz CT molecular complexity index is 95.7. The van der Waals surface area contributed by atoms with Crippen molar-refractivity contribution >= 4 is 5.97 Å². The largest absolute Gasteiger partial charge is 1.00 e. The second-order valence-corrected chi connectivity index (χ2v) is 3.11. The Morgan fingerprint density at radius 3 is 1.70 bits per heavy atom. The molecule has 0 aliphatic rings. The predicted molar refractivity (Wildman–Crippen MR) is 32.7 cm³/mol. The van der Waals surface area contributed by atoms with E-state index in [1.54, 1.807) is 0 Å². The summed E-state index contributed by atoms with van der Waals surface area (Å²) in [4.78, 5) is 9.90. The van der Waals surface area contributed by atoms with E-state index in [1.807, 2.05) is 20.8 Å². The van der Waals surface area contributed by atoms with Gasteiger partial charge in [0.2, 0.25) is 0 Å². The van der Waals surface area contributed by atoms with Crippen LogP contribution in [0.5, 0.6) is 0 Å². The number of aliphatic carboxylic acids is 1. The van der Waals surface area contributed by atoms with E-state index >= 15 is 0 Å².